The van der Waals surface area contributed by atoms with Crippen molar-refractivity contribution in [2.45, 2.75) is 6.54 Å². The summed E-state index contributed by atoms with van der Waals surface area (Å²) in [4.78, 5) is 19.9. The van der Waals surface area contributed by atoms with E-state index >= 15 is 0 Å². The maximum absolute atomic E-state index is 11.7. The minimum atomic E-state index is -0.222. The fourth-order valence-corrected chi connectivity index (χ4v) is 1.65. The van der Waals surface area contributed by atoms with Gasteiger partial charge in [0.1, 0.15) is 5.82 Å². The van der Waals surface area contributed by atoms with Gasteiger partial charge in [-0.25, -0.2) is 4.98 Å². The fourth-order valence-electron chi connectivity index (χ4n) is 1.65. The summed E-state index contributed by atoms with van der Waals surface area (Å²) < 4.78 is 0. The molecule has 0 saturated heterocycles. The summed E-state index contributed by atoms with van der Waals surface area (Å²) in [5.74, 6) is 0.925. The zero-order chi connectivity index (χ0) is 13.8. The Labute approximate surface area is 113 Å². The molecule has 0 unspecified atom stereocenters. The number of carbonyl (C=O) groups excluding carboxylic acids is 1. The molecule has 8 heteroatoms. The van der Waals surface area contributed by atoms with E-state index in [4.69, 9.17) is 0 Å². The lowest BCUT2D eigenvalue weighted by Gasteiger charge is -1.99. The van der Waals surface area contributed by atoms with Crippen LogP contribution in [0.1, 0.15) is 16.2 Å². The smallest absolute Gasteiger partial charge is 0.254 e. The van der Waals surface area contributed by atoms with Gasteiger partial charge in [-0.2, -0.15) is 10.2 Å². The highest BCUT2D eigenvalue weighted by Crippen LogP contribution is 2.12. The lowest BCUT2D eigenvalue weighted by atomic mass is 10.2. The van der Waals surface area contributed by atoms with Gasteiger partial charge in [0.2, 0.25) is 0 Å². The van der Waals surface area contributed by atoms with Crippen molar-refractivity contribution in [3.05, 3.63) is 48.3 Å². The number of aromatic amines is 2. The van der Waals surface area contributed by atoms with Crippen molar-refractivity contribution < 1.29 is 4.79 Å². The maximum Gasteiger partial charge on any atom is 0.254 e. The van der Waals surface area contributed by atoms with E-state index in [1.54, 1.807) is 12.4 Å². The predicted molar refractivity (Wildman–Crippen MR) is 69.4 cm³/mol. The molecule has 0 aliphatic carbocycles. The van der Waals surface area contributed by atoms with Crippen LogP contribution < -0.4 is 5.32 Å². The van der Waals surface area contributed by atoms with E-state index < -0.39 is 0 Å². The Bertz CT molecular complexity index is 690. The second-order valence-corrected chi connectivity index (χ2v) is 4.01. The van der Waals surface area contributed by atoms with E-state index in [1.807, 2.05) is 12.1 Å². The van der Waals surface area contributed by atoms with Crippen LogP contribution in [0.4, 0.5) is 0 Å². The standard InChI is InChI=1S/C12H11N7O/c20-12(9-5-15-16-6-9)14-7-10-17-11(19-18-10)8-1-3-13-4-2-8/h1-6H,7H2,(H,14,20)(H,15,16)(H,17,18,19). The number of nitrogens with one attached hydrogen (secondary N) is 3. The first-order chi connectivity index (χ1) is 9.83. The summed E-state index contributed by atoms with van der Waals surface area (Å²) >= 11 is 0. The van der Waals surface area contributed by atoms with Crippen LogP contribution in [0.3, 0.4) is 0 Å². The van der Waals surface area contributed by atoms with E-state index in [1.165, 1.54) is 12.4 Å². The highest BCUT2D eigenvalue weighted by atomic mass is 16.1. The number of pyridine rings is 1. The maximum atomic E-state index is 11.7. The predicted octanol–water partition coefficient (Wildman–Crippen LogP) is 0.520. The van der Waals surface area contributed by atoms with Gasteiger partial charge in [-0.1, -0.05) is 0 Å². The first-order valence-corrected chi connectivity index (χ1v) is 5.91. The largest absolute Gasteiger partial charge is 0.345 e. The summed E-state index contributed by atoms with van der Waals surface area (Å²) in [5.41, 5.74) is 1.34. The Morgan fingerprint density at radius 3 is 2.90 bits per heavy atom. The van der Waals surface area contributed by atoms with Gasteiger partial charge in [-0.15, -0.1) is 0 Å². The Kier molecular flexibility index (Phi) is 3.19. The van der Waals surface area contributed by atoms with Gasteiger partial charge in [-0.3, -0.25) is 20.0 Å². The summed E-state index contributed by atoms with van der Waals surface area (Å²) in [6.45, 7) is 0.266. The second-order valence-electron chi connectivity index (χ2n) is 4.01. The minimum Gasteiger partial charge on any atom is -0.345 e. The Hall–Kier alpha value is -3.03. The molecule has 3 rings (SSSR count). The zero-order valence-electron chi connectivity index (χ0n) is 10.4. The normalized spacial score (nSPS) is 10.4. The molecule has 100 valence electrons. The molecule has 3 aromatic rings. The highest BCUT2D eigenvalue weighted by Gasteiger charge is 2.09. The molecule has 0 aliphatic rings. The SMILES string of the molecule is O=C(NCc1nc(-c2ccncc2)n[nH]1)c1cn[nH]c1. The number of hydrogen-bond acceptors (Lipinski definition) is 5. The van der Waals surface area contributed by atoms with Crippen LogP contribution in [0.5, 0.6) is 0 Å². The summed E-state index contributed by atoms with van der Waals surface area (Å²) in [6, 6.07) is 3.63. The lowest BCUT2D eigenvalue weighted by molar-refractivity contribution is 0.0950. The molecule has 0 atom stereocenters. The van der Waals surface area contributed by atoms with Crippen LogP contribution in [-0.2, 0) is 6.54 Å². The third kappa shape index (κ3) is 2.53. The van der Waals surface area contributed by atoms with Crippen molar-refractivity contribution in [2.75, 3.05) is 0 Å². The zero-order valence-corrected chi connectivity index (χ0v) is 10.4. The number of rotatable bonds is 4. The molecule has 3 N–H and O–H groups in total. The molecule has 0 aliphatic heterocycles. The van der Waals surface area contributed by atoms with Crippen molar-refractivity contribution >= 4 is 5.91 Å². The van der Waals surface area contributed by atoms with Gasteiger partial charge >= 0.3 is 0 Å². The molecule has 1 amide bonds. The van der Waals surface area contributed by atoms with E-state index in [0.717, 1.165) is 5.56 Å². The van der Waals surface area contributed by atoms with Crippen LogP contribution in [0.25, 0.3) is 11.4 Å². The number of amides is 1. The van der Waals surface area contributed by atoms with E-state index in [9.17, 15) is 4.79 Å². The first kappa shape index (κ1) is 12.0. The Morgan fingerprint density at radius 1 is 1.30 bits per heavy atom. The van der Waals surface area contributed by atoms with Crippen LogP contribution in [0.15, 0.2) is 36.9 Å². The monoisotopic (exact) mass is 269 g/mol. The van der Waals surface area contributed by atoms with Gasteiger partial charge in [0.05, 0.1) is 18.3 Å². The number of H-pyrrole nitrogens is 2. The number of aromatic nitrogens is 6. The quantitative estimate of drug-likeness (QED) is 0.639. The molecular weight excluding hydrogens is 258 g/mol. The van der Waals surface area contributed by atoms with Crippen molar-refractivity contribution in [3.63, 3.8) is 0 Å². The molecule has 0 bridgehead atoms. The van der Waals surface area contributed by atoms with Crippen molar-refractivity contribution in [1.29, 1.82) is 0 Å². The van der Waals surface area contributed by atoms with E-state index in [2.05, 4.69) is 35.7 Å². The number of carbonyl (C=O) groups is 1. The second kappa shape index (κ2) is 5.31. The first-order valence-electron chi connectivity index (χ1n) is 5.91. The molecule has 3 heterocycles. The van der Waals surface area contributed by atoms with E-state index in [-0.39, 0.29) is 12.5 Å². The van der Waals surface area contributed by atoms with Gasteiger partial charge in [-0.05, 0) is 12.1 Å². The Balaban J connectivity index is 1.65. The van der Waals surface area contributed by atoms with Crippen molar-refractivity contribution in [3.8, 4) is 11.4 Å². The molecule has 8 nitrogen and oxygen atoms in total. The molecule has 3 aromatic heterocycles. The van der Waals surface area contributed by atoms with Gasteiger partial charge in [0.25, 0.3) is 5.91 Å². The average molecular weight is 269 g/mol. The minimum absolute atomic E-state index is 0.222. The lowest BCUT2D eigenvalue weighted by Crippen LogP contribution is -2.22. The van der Waals surface area contributed by atoms with Gasteiger partial charge < -0.3 is 5.32 Å². The summed E-state index contributed by atoms with van der Waals surface area (Å²) in [7, 11) is 0. The third-order valence-corrected chi connectivity index (χ3v) is 2.65. The molecule has 0 aromatic carbocycles. The van der Waals surface area contributed by atoms with Crippen molar-refractivity contribution in [1.82, 2.24) is 35.7 Å². The average Bonchev–Trinajstić information content (AvgIpc) is 3.17. The summed E-state index contributed by atoms with van der Waals surface area (Å²) in [6.07, 6.45) is 6.33. The summed E-state index contributed by atoms with van der Waals surface area (Å²) in [5, 5.41) is 15.9. The molecule has 0 radical (unpaired) electrons. The van der Waals surface area contributed by atoms with Crippen LogP contribution >= 0.6 is 0 Å². The van der Waals surface area contributed by atoms with Crippen molar-refractivity contribution in [2.24, 2.45) is 0 Å². The van der Waals surface area contributed by atoms with Crippen LogP contribution in [0, 0.1) is 0 Å². The number of nitrogens with zero attached hydrogens (tertiary/aromatic N) is 4. The highest BCUT2D eigenvalue weighted by molar-refractivity contribution is 5.93. The molecule has 0 fully saturated rings. The third-order valence-electron chi connectivity index (χ3n) is 2.65. The fraction of sp³-hybridized carbons (Fsp3) is 0.0833. The molecule has 20 heavy (non-hydrogen) atoms. The number of hydrogen-bond donors (Lipinski definition) is 3. The van der Waals surface area contributed by atoms with Gasteiger partial charge in [0, 0.05) is 24.2 Å². The Morgan fingerprint density at radius 2 is 2.15 bits per heavy atom. The van der Waals surface area contributed by atoms with E-state index in [0.29, 0.717) is 17.2 Å². The van der Waals surface area contributed by atoms with Crippen LogP contribution in [-0.4, -0.2) is 36.3 Å². The molecule has 0 saturated carbocycles. The molecule has 0 spiro atoms. The van der Waals surface area contributed by atoms with Crippen LogP contribution in [0.2, 0.25) is 0 Å². The van der Waals surface area contributed by atoms with Gasteiger partial charge in [0.15, 0.2) is 5.82 Å². The topological polar surface area (TPSA) is 112 Å². The molecular formula is C12H11N7O.